The molecular weight excluding hydrogens is 385 g/mol. The molecule has 2 N–H and O–H groups in total. The van der Waals surface area contributed by atoms with E-state index in [1.165, 1.54) is 19.1 Å². The van der Waals surface area contributed by atoms with Crippen LogP contribution in [0.2, 0.25) is 0 Å². The third-order valence-corrected chi connectivity index (χ3v) is 5.70. The zero-order chi connectivity index (χ0) is 15.8. The second-order valence-electron chi connectivity index (χ2n) is 4.07. The van der Waals surface area contributed by atoms with Crippen molar-refractivity contribution in [2.24, 2.45) is 0 Å². The van der Waals surface area contributed by atoms with Crippen LogP contribution >= 0.6 is 27.3 Å². The minimum atomic E-state index is -4.05. The number of thiophene rings is 1. The number of nitrogens with one attached hydrogen (secondary N) is 1. The molecule has 0 atom stereocenters. The molecule has 0 aliphatic rings. The number of hydrogen-bond donors (Lipinski definition) is 2. The molecule has 0 amide bonds. The molecule has 0 unspecified atom stereocenters. The van der Waals surface area contributed by atoms with Gasteiger partial charge < -0.3 is 5.11 Å². The van der Waals surface area contributed by atoms with E-state index < -0.39 is 21.8 Å². The first-order valence-electron chi connectivity index (χ1n) is 5.52. The Kier molecular flexibility index (Phi) is 4.35. The predicted molar refractivity (Wildman–Crippen MR) is 80.9 cm³/mol. The van der Waals surface area contributed by atoms with Crippen molar-refractivity contribution in [1.82, 2.24) is 0 Å². The summed E-state index contributed by atoms with van der Waals surface area (Å²) in [5.41, 5.74) is -0.208. The third-order valence-electron chi connectivity index (χ3n) is 2.55. The molecule has 1 heterocycles. The van der Waals surface area contributed by atoms with Crippen molar-refractivity contribution < 1.29 is 22.7 Å². The summed E-state index contributed by atoms with van der Waals surface area (Å²) >= 11 is 3.92. The number of aryl methyl sites for hydroxylation is 1. The van der Waals surface area contributed by atoms with Crippen molar-refractivity contribution in [2.75, 3.05) is 4.72 Å². The summed E-state index contributed by atoms with van der Waals surface area (Å²) in [6, 6.07) is 4.95. The van der Waals surface area contributed by atoms with Crippen LogP contribution in [0.5, 0.6) is 0 Å². The van der Waals surface area contributed by atoms with Gasteiger partial charge in [-0.25, -0.2) is 17.6 Å². The molecule has 0 saturated carbocycles. The second kappa shape index (κ2) is 5.74. The van der Waals surface area contributed by atoms with E-state index in [0.29, 0.717) is 9.35 Å². The highest BCUT2D eigenvalue weighted by Crippen LogP contribution is 2.28. The highest BCUT2D eigenvalue weighted by atomic mass is 79.9. The van der Waals surface area contributed by atoms with E-state index >= 15 is 0 Å². The Morgan fingerprint density at radius 3 is 2.57 bits per heavy atom. The van der Waals surface area contributed by atoms with Crippen molar-refractivity contribution in [1.29, 1.82) is 0 Å². The minimum absolute atomic E-state index is 0.0934. The highest BCUT2D eigenvalue weighted by molar-refractivity contribution is 9.10. The van der Waals surface area contributed by atoms with Crippen LogP contribution in [-0.4, -0.2) is 19.5 Å². The van der Waals surface area contributed by atoms with Crippen molar-refractivity contribution in [3.63, 3.8) is 0 Å². The fourth-order valence-corrected chi connectivity index (χ4v) is 4.44. The Morgan fingerprint density at radius 2 is 2.05 bits per heavy atom. The van der Waals surface area contributed by atoms with Gasteiger partial charge in [0.1, 0.15) is 15.6 Å². The van der Waals surface area contributed by atoms with Crippen LogP contribution in [0.25, 0.3) is 0 Å². The van der Waals surface area contributed by atoms with E-state index in [1.54, 1.807) is 0 Å². The molecule has 1 aromatic heterocycles. The molecule has 0 fully saturated rings. The number of anilines is 1. The number of carbonyl (C=O) groups is 1. The van der Waals surface area contributed by atoms with E-state index in [1.807, 2.05) is 0 Å². The lowest BCUT2D eigenvalue weighted by Gasteiger charge is -2.08. The Bertz CT molecular complexity index is 817. The van der Waals surface area contributed by atoms with Gasteiger partial charge in [-0.3, -0.25) is 4.72 Å². The Morgan fingerprint density at radius 1 is 1.38 bits per heavy atom. The first-order chi connectivity index (χ1) is 9.70. The molecule has 21 heavy (non-hydrogen) atoms. The van der Waals surface area contributed by atoms with Crippen molar-refractivity contribution in [3.05, 3.63) is 44.3 Å². The molecule has 0 aliphatic heterocycles. The molecule has 2 rings (SSSR count). The molecule has 112 valence electrons. The quantitative estimate of drug-likeness (QED) is 0.832. The SMILES string of the molecule is Cc1sc(C(=O)O)cc1S(=O)(=O)Nc1ccc(Br)cc1F. The number of carboxylic acid groups (broad SMARTS) is 1. The van der Waals surface area contributed by atoms with Crippen LogP contribution in [-0.2, 0) is 10.0 Å². The fraction of sp³-hybridized carbons (Fsp3) is 0.0833. The van der Waals surface area contributed by atoms with E-state index in [-0.39, 0.29) is 15.5 Å². The minimum Gasteiger partial charge on any atom is -0.477 e. The molecule has 9 heteroatoms. The van der Waals surface area contributed by atoms with Crippen LogP contribution in [0, 0.1) is 12.7 Å². The first kappa shape index (κ1) is 15.9. The van der Waals surface area contributed by atoms with Gasteiger partial charge >= 0.3 is 5.97 Å². The Hall–Kier alpha value is -1.45. The first-order valence-corrected chi connectivity index (χ1v) is 8.61. The highest BCUT2D eigenvalue weighted by Gasteiger charge is 2.23. The topological polar surface area (TPSA) is 83.5 Å². The van der Waals surface area contributed by atoms with Crippen LogP contribution in [0.1, 0.15) is 14.5 Å². The number of benzene rings is 1. The maximum absolute atomic E-state index is 13.7. The van der Waals surface area contributed by atoms with E-state index in [9.17, 15) is 17.6 Å². The summed E-state index contributed by atoms with van der Waals surface area (Å²) in [6.07, 6.45) is 0. The maximum Gasteiger partial charge on any atom is 0.345 e. The third kappa shape index (κ3) is 3.42. The largest absolute Gasteiger partial charge is 0.477 e. The molecule has 0 radical (unpaired) electrons. The number of halogens is 2. The van der Waals surface area contributed by atoms with Crippen LogP contribution in [0.3, 0.4) is 0 Å². The molecule has 5 nitrogen and oxygen atoms in total. The van der Waals surface area contributed by atoms with Crippen molar-refractivity contribution in [2.45, 2.75) is 11.8 Å². The summed E-state index contributed by atoms with van der Waals surface area (Å²) in [5, 5.41) is 8.88. The van der Waals surface area contributed by atoms with Crippen LogP contribution in [0.4, 0.5) is 10.1 Å². The fourth-order valence-electron chi connectivity index (χ4n) is 1.61. The molecule has 0 spiro atoms. The van der Waals surface area contributed by atoms with Gasteiger partial charge in [-0.15, -0.1) is 11.3 Å². The summed E-state index contributed by atoms with van der Waals surface area (Å²) in [4.78, 5) is 10.9. The smallest absolute Gasteiger partial charge is 0.345 e. The summed E-state index contributed by atoms with van der Waals surface area (Å²) < 4.78 is 40.7. The normalized spacial score (nSPS) is 11.4. The van der Waals surface area contributed by atoms with Gasteiger partial charge in [-0.1, -0.05) is 15.9 Å². The number of carboxylic acids is 1. The molecule has 0 bridgehead atoms. The summed E-state index contributed by atoms with van der Waals surface area (Å²) in [6.45, 7) is 1.49. The zero-order valence-electron chi connectivity index (χ0n) is 10.6. The van der Waals surface area contributed by atoms with Gasteiger partial charge in [0, 0.05) is 9.35 Å². The standard InChI is InChI=1S/C12H9BrFNO4S2/c1-6-11(5-10(20-6)12(16)17)21(18,19)15-9-3-2-7(13)4-8(9)14/h2-5,15H,1H3,(H,16,17). The number of sulfonamides is 1. The molecule has 1 aromatic carbocycles. The average molecular weight is 394 g/mol. The van der Waals surface area contributed by atoms with E-state index in [2.05, 4.69) is 20.7 Å². The van der Waals surface area contributed by atoms with Gasteiger partial charge in [-0.2, -0.15) is 0 Å². The van der Waals surface area contributed by atoms with Crippen molar-refractivity contribution in [3.8, 4) is 0 Å². The van der Waals surface area contributed by atoms with E-state index in [0.717, 1.165) is 23.5 Å². The van der Waals surface area contributed by atoms with Crippen LogP contribution < -0.4 is 4.72 Å². The van der Waals surface area contributed by atoms with E-state index in [4.69, 9.17) is 5.11 Å². The van der Waals surface area contributed by atoms with Gasteiger partial charge in [0.25, 0.3) is 10.0 Å². The zero-order valence-corrected chi connectivity index (χ0v) is 13.8. The maximum atomic E-state index is 13.7. The second-order valence-corrected chi connectivity index (χ2v) is 7.89. The number of hydrogen-bond acceptors (Lipinski definition) is 4. The molecule has 0 saturated heterocycles. The summed E-state index contributed by atoms with van der Waals surface area (Å²) in [7, 11) is -4.05. The molecule has 2 aromatic rings. The Balaban J connectivity index is 2.41. The van der Waals surface area contributed by atoms with Gasteiger partial charge in [0.2, 0.25) is 0 Å². The molecular formula is C12H9BrFNO4S2. The van der Waals surface area contributed by atoms with Gasteiger partial charge in [-0.05, 0) is 31.2 Å². The lowest BCUT2D eigenvalue weighted by Crippen LogP contribution is -2.14. The monoisotopic (exact) mass is 393 g/mol. The average Bonchev–Trinajstić information content (AvgIpc) is 2.76. The number of rotatable bonds is 4. The van der Waals surface area contributed by atoms with Gasteiger partial charge in [0.05, 0.1) is 5.69 Å². The lowest BCUT2D eigenvalue weighted by atomic mass is 10.3. The lowest BCUT2D eigenvalue weighted by molar-refractivity contribution is 0.0702. The predicted octanol–water partition coefficient (Wildman–Crippen LogP) is 3.46. The number of aromatic carboxylic acids is 1. The Labute approximate surface area is 132 Å². The van der Waals surface area contributed by atoms with Gasteiger partial charge in [0.15, 0.2) is 0 Å². The van der Waals surface area contributed by atoms with Crippen LogP contribution in [0.15, 0.2) is 33.6 Å². The molecule has 0 aliphatic carbocycles. The summed E-state index contributed by atoms with van der Waals surface area (Å²) in [5.74, 6) is -1.95. The van der Waals surface area contributed by atoms with Crippen molar-refractivity contribution >= 4 is 48.9 Å².